The summed E-state index contributed by atoms with van der Waals surface area (Å²) in [5.74, 6) is -0.371. The zero-order chi connectivity index (χ0) is 16.6. The van der Waals surface area contributed by atoms with Crippen LogP contribution in [0.3, 0.4) is 0 Å². The first-order chi connectivity index (χ1) is 11.0. The lowest BCUT2D eigenvalue weighted by Gasteiger charge is -2.20. The molecule has 0 saturated carbocycles. The molecule has 0 fully saturated rings. The molecule has 1 aliphatic rings. The van der Waals surface area contributed by atoms with Crippen molar-refractivity contribution in [2.24, 2.45) is 5.92 Å². The molecule has 3 rings (SSSR count). The topological polar surface area (TPSA) is 59.3 Å². The van der Waals surface area contributed by atoms with E-state index in [4.69, 9.17) is 5.11 Å². The van der Waals surface area contributed by atoms with Crippen LogP contribution < -0.4 is 0 Å². The Morgan fingerprint density at radius 2 is 2.00 bits per heavy atom. The number of carboxylic acids is 1. The van der Waals surface area contributed by atoms with Crippen molar-refractivity contribution >= 4 is 27.7 Å². The molecule has 0 bridgehead atoms. The van der Waals surface area contributed by atoms with E-state index in [1.165, 1.54) is 0 Å². The fourth-order valence-corrected chi connectivity index (χ4v) is 3.48. The number of fused-ring (bicyclic) bond motifs is 1. The first-order valence-electron chi connectivity index (χ1n) is 7.68. The van der Waals surface area contributed by atoms with E-state index >= 15 is 0 Å². The van der Waals surface area contributed by atoms with Gasteiger partial charge in [-0.3, -0.25) is 9.59 Å². The van der Waals surface area contributed by atoms with Gasteiger partial charge in [0.05, 0.1) is 6.42 Å². The molecule has 5 heteroatoms. The number of nitrogens with zero attached hydrogens (tertiary/aromatic N) is 1. The largest absolute Gasteiger partial charge is 0.481 e. The highest BCUT2D eigenvalue weighted by molar-refractivity contribution is 9.10. The zero-order valence-electron chi connectivity index (χ0n) is 12.9. The Balaban J connectivity index is 2.09. The SMILES string of the molecule is C[C@H]1CC(=O)c2c(-c3ccc(Br)cc3)cn(CCC(=O)O)c2C1. The molecule has 120 valence electrons. The lowest BCUT2D eigenvalue weighted by atomic mass is 9.85. The van der Waals surface area contributed by atoms with Crippen LogP contribution in [0.15, 0.2) is 34.9 Å². The minimum absolute atomic E-state index is 0.0590. The summed E-state index contributed by atoms with van der Waals surface area (Å²) in [5, 5.41) is 8.95. The highest BCUT2D eigenvalue weighted by Crippen LogP contribution is 2.35. The zero-order valence-corrected chi connectivity index (χ0v) is 14.5. The highest BCUT2D eigenvalue weighted by Gasteiger charge is 2.29. The van der Waals surface area contributed by atoms with Gasteiger partial charge in [-0.1, -0.05) is 35.0 Å². The Kier molecular flexibility index (Phi) is 4.39. The maximum Gasteiger partial charge on any atom is 0.305 e. The van der Waals surface area contributed by atoms with E-state index < -0.39 is 5.97 Å². The van der Waals surface area contributed by atoms with Crippen molar-refractivity contribution in [2.75, 3.05) is 0 Å². The fraction of sp³-hybridized carbons (Fsp3) is 0.333. The number of benzene rings is 1. The number of aromatic nitrogens is 1. The molecule has 0 unspecified atom stereocenters. The van der Waals surface area contributed by atoms with E-state index in [0.717, 1.165) is 33.3 Å². The fourth-order valence-electron chi connectivity index (χ4n) is 3.21. The quantitative estimate of drug-likeness (QED) is 0.872. The van der Waals surface area contributed by atoms with Crippen LogP contribution in [-0.4, -0.2) is 21.4 Å². The predicted octanol–water partition coefficient (Wildman–Crippen LogP) is 4.16. The summed E-state index contributed by atoms with van der Waals surface area (Å²) in [5.41, 5.74) is 3.65. The van der Waals surface area contributed by atoms with Crippen molar-refractivity contribution < 1.29 is 14.7 Å². The van der Waals surface area contributed by atoms with Crippen LogP contribution >= 0.6 is 15.9 Å². The van der Waals surface area contributed by atoms with Crippen molar-refractivity contribution in [3.05, 3.63) is 46.2 Å². The molecule has 1 aliphatic carbocycles. The first-order valence-corrected chi connectivity index (χ1v) is 8.48. The number of Topliss-reactive ketones (excluding diaryl/α,β-unsaturated/α-hetero) is 1. The Morgan fingerprint density at radius 3 is 2.65 bits per heavy atom. The normalized spacial score (nSPS) is 17.1. The van der Waals surface area contributed by atoms with Gasteiger partial charge in [0.15, 0.2) is 5.78 Å². The number of hydrogen-bond donors (Lipinski definition) is 1. The first kappa shape index (κ1) is 16.0. The van der Waals surface area contributed by atoms with Gasteiger partial charge in [0.25, 0.3) is 0 Å². The molecular formula is C18H18BrNO3. The molecule has 1 atom stereocenters. The second-order valence-corrected chi connectivity index (χ2v) is 7.06. The van der Waals surface area contributed by atoms with Crippen LogP contribution in [0.5, 0.6) is 0 Å². The number of aliphatic carboxylic acids is 1. The molecular weight excluding hydrogens is 358 g/mol. The van der Waals surface area contributed by atoms with E-state index in [9.17, 15) is 9.59 Å². The standard InChI is InChI=1S/C18H18BrNO3/c1-11-8-15-18(16(21)9-11)14(10-20(15)7-6-17(22)23)12-2-4-13(19)5-3-12/h2-5,10-11H,6-9H2,1H3,(H,22,23)/t11-/m1/s1. The second-order valence-electron chi connectivity index (χ2n) is 6.15. The third-order valence-corrected chi connectivity index (χ3v) is 4.79. The Labute approximate surface area is 143 Å². The number of aryl methyl sites for hydroxylation is 1. The molecule has 1 aromatic heterocycles. The third kappa shape index (κ3) is 3.24. The summed E-state index contributed by atoms with van der Waals surface area (Å²) < 4.78 is 2.94. The lowest BCUT2D eigenvalue weighted by molar-refractivity contribution is -0.137. The van der Waals surface area contributed by atoms with Crippen molar-refractivity contribution in [2.45, 2.75) is 32.7 Å². The number of rotatable bonds is 4. The van der Waals surface area contributed by atoms with E-state index in [1.807, 2.05) is 35.0 Å². The van der Waals surface area contributed by atoms with Gasteiger partial charge in [-0.15, -0.1) is 0 Å². The molecule has 0 saturated heterocycles. The van der Waals surface area contributed by atoms with Gasteiger partial charge in [0.1, 0.15) is 0 Å². The molecule has 0 radical (unpaired) electrons. The molecule has 23 heavy (non-hydrogen) atoms. The Morgan fingerprint density at radius 1 is 1.30 bits per heavy atom. The minimum Gasteiger partial charge on any atom is -0.481 e. The number of carboxylic acid groups (broad SMARTS) is 1. The van der Waals surface area contributed by atoms with Crippen LogP contribution in [0.1, 0.15) is 35.8 Å². The van der Waals surface area contributed by atoms with E-state index in [2.05, 4.69) is 22.9 Å². The Bertz CT molecular complexity index is 761. The maximum absolute atomic E-state index is 12.6. The van der Waals surface area contributed by atoms with Gasteiger partial charge >= 0.3 is 5.97 Å². The van der Waals surface area contributed by atoms with Crippen LogP contribution in [0.25, 0.3) is 11.1 Å². The van der Waals surface area contributed by atoms with Crippen molar-refractivity contribution in [3.63, 3.8) is 0 Å². The monoisotopic (exact) mass is 375 g/mol. The number of hydrogen-bond acceptors (Lipinski definition) is 2. The lowest BCUT2D eigenvalue weighted by Crippen LogP contribution is -2.20. The molecule has 4 nitrogen and oxygen atoms in total. The summed E-state index contributed by atoms with van der Waals surface area (Å²) in [4.78, 5) is 23.5. The summed E-state index contributed by atoms with van der Waals surface area (Å²) in [6, 6.07) is 7.86. The van der Waals surface area contributed by atoms with E-state index in [1.54, 1.807) is 0 Å². The average molecular weight is 376 g/mol. The highest BCUT2D eigenvalue weighted by atomic mass is 79.9. The van der Waals surface area contributed by atoms with Gasteiger partial charge in [0.2, 0.25) is 0 Å². The van der Waals surface area contributed by atoms with Gasteiger partial charge in [-0.2, -0.15) is 0 Å². The summed E-state index contributed by atoms with van der Waals surface area (Å²) in [6.07, 6.45) is 3.37. The number of carbonyl (C=O) groups excluding carboxylic acids is 1. The second kappa shape index (κ2) is 6.32. The minimum atomic E-state index is -0.826. The van der Waals surface area contributed by atoms with Crippen LogP contribution in [0.4, 0.5) is 0 Å². The summed E-state index contributed by atoms with van der Waals surface area (Å²) in [6.45, 7) is 2.46. The van der Waals surface area contributed by atoms with E-state index in [-0.39, 0.29) is 12.2 Å². The van der Waals surface area contributed by atoms with Crippen LogP contribution in [0, 0.1) is 5.92 Å². The third-order valence-electron chi connectivity index (χ3n) is 4.27. The summed E-state index contributed by atoms with van der Waals surface area (Å²) >= 11 is 3.42. The smallest absolute Gasteiger partial charge is 0.305 e. The van der Waals surface area contributed by atoms with Crippen molar-refractivity contribution in [1.29, 1.82) is 0 Å². The molecule has 1 heterocycles. The van der Waals surface area contributed by atoms with Gasteiger partial charge in [-0.05, 0) is 30.0 Å². The molecule has 1 N–H and O–H groups in total. The molecule has 2 aromatic rings. The van der Waals surface area contributed by atoms with Gasteiger partial charge < -0.3 is 9.67 Å². The molecule has 0 spiro atoms. The number of halogens is 1. The number of ketones is 1. The van der Waals surface area contributed by atoms with E-state index in [0.29, 0.717) is 18.9 Å². The maximum atomic E-state index is 12.6. The van der Waals surface area contributed by atoms with Gasteiger partial charge in [0, 0.05) is 40.5 Å². The molecule has 0 amide bonds. The molecule has 1 aromatic carbocycles. The van der Waals surface area contributed by atoms with Crippen LogP contribution in [0.2, 0.25) is 0 Å². The van der Waals surface area contributed by atoms with Crippen LogP contribution in [-0.2, 0) is 17.8 Å². The average Bonchev–Trinajstić information content (AvgIpc) is 2.85. The Hall–Kier alpha value is -1.88. The summed E-state index contributed by atoms with van der Waals surface area (Å²) in [7, 11) is 0. The van der Waals surface area contributed by atoms with Crippen molar-refractivity contribution in [1.82, 2.24) is 4.57 Å². The predicted molar refractivity (Wildman–Crippen MR) is 91.6 cm³/mol. The molecule has 0 aliphatic heterocycles. The van der Waals surface area contributed by atoms with Crippen molar-refractivity contribution in [3.8, 4) is 11.1 Å². The number of carbonyl (C=O) groups is 2. The van der Waals surface area contributed by atoms with Gasteiger partial charge in [-0.25, -0.2) is 0 Å².